The zero-order chi connectivity index (χ0) is 15.4. The summed E-state index contributed by atoms with van der Waals surface area (Å²) in [5, 5.41) is 3.76. The van der Waals surface area contributed by atoms with Gasteiger partial charge in [0.2, 0.25) is 10.0 Å². The second-order valence-corrected chi connectivity index (χ2v) is 7.49. The van der Waals surface area contributed by atoms with Crippen LogP contribution in [0.15, 0.2) is 18.2 Å². The lowest BCUT2D eigenvalue weighted by Gasteiger charge is -2.25. The molecule has 1 aromatic carbocycles. The van der Waals surface area contributed by atoms with Gasteiger partial charge in [-0.05, 0) is 31.5 Å². The van der Waals surface area contributed by atoms with Crippen LogP contribution < -0.4 is 14.8 Å². The van der Waals surface area contributed by atoms with E-state index >= 15 is 0 Å². The minimum atomic E-state index is -3.22. The molecule has 0 atom stereocenters. The molecule has 1 rings (SSSR count). The van der Waals surface area contributed by atoms with Crippen molar-refractivity contribution in [3.8, 4) is 5.75 Å². The fraction of sp³-hybridized carbons (Fsp3) is 0.538. The Labute approximate surface area is 125 Å². The molecule has 0 fully saturated rings. The molecule has 0 aromatic heterocycles. The van der Waals surface area contributed by atoms with E-state index in [9.17, 15) is 8.42 Å². The van der Waals surface area contributed by atoms with Gasteiger partial charge in [0, 0.05) is 18.6 Å². The van der Waals surface area contributed by atoms with Crippen LogP contribution >= 0.6 is 11.6 Å². The first-order valence-electron chi connectivity index (χ1n) is 6.15. The maximum Gasteiger partial charge on any atom is 0.209 e. The summed E-state index contributed by atoms with van der Waals surface area (Å²) in [5.41, 5.74) is 0.454. The number of sulfonamides is 1. The van der Waals surface area contributed by atoms with Crippen molar-refractivity contribution in [1.29, 1.82) is 0 Å². The van der Waals surface area contributed by atoms with Crippen molar-refractivity contribution >= 4 is 21.6 Å². The molecule has 0 saturated heterocycles. The van der Waals surface area contributed by atoms with E-state index in [0.717, 1.165) is 11.8 Å². The number of halogens is 1. The number of benzene rings is 1. The zero-order valence-corrected chi connectivity index (χ0v) is 13.7. The van der Waals surface area contributed by atoms with E-state index in [1.807, 2.05) is 26.0 Å². The van der Waals surface area contributed by atoms with Crippen molar-refractivity contribution < 1.29 is 13.2 Å². The van der Waals surface area contributed by atoms with Crippen LogP contribution in [-0.4, -0.2) is 33.9 Å². The van der Waals surface area contributed by atoms with E-state index in [-0.39, 0.29) is 0 Å². The number of nitrogens with one attached hydrogen (secondary N) is 2. The van der Waals surface area contributed by atoms with Crippen LogP contribution in [0.1, 0.15) is 19.4 Å². The fourth-order valence-electron chi connectivity index (χ4n) is 1.88. The van der Waals surface area contributed by atoms with Gasteiger partial charge in [0.15, 0.2) is 0 Å². The highest BCUT2D eigenvalue weighted by Crippen LogP contribution is 2.24. The first-order chi connectivity index (χ1) is 9.13. The number of methoxy groups -OCH3 is 1. The molecule has 0 aliphatic heterocycles. The molecular formula is C13H21ClN2O3S. The third-order valence-electron chi connectivity index (χ3n) is 2.57. The number of hydrogen-bond donors (Lipinski definition) is 2. The largest absolute Gasteiger partial charge is 0.495 e. The van der Waals surface area contributed by atoms with Gasteiger partial charge in [-0.25, -0.2) is 13.1 Å². The molecule has 0 saturated carbocycles. The fourth-order valence-corrected chi connectivity index (χ4v) is 3.23. The molecule has 1 aromatic rings. The van der Waals surface area contributed by atoms with Gasteiger partial charge < -0.3 is 10.1 Å². The summed E-state index contributed by atoms with van der Waals surface area (Å²) in [6.07, 6.45) is 1.15. The number of rotatable bonds is 7. The van der Waals surface area contributed by atoms with Crippen LogP contribution in [0.4, 0.5) is 0 Å². The minimum Gasteiger partial charge on any atom is -0.495 e. The lowest BCUT2D eigenvalue weighted by Crippen LogP contribution is -2.49. The predicted octanol–water partition coefficient (Wildman–Crippen LogP) is 1.77. The molecule has 7 heteroatoms. The molecular weight excluding hydrogens is 300 g/mol. The molecule has 114 valence electrons. The standard InChI is InChI=1S/C13H21ClN2O3S/c1-13(2,16-20(4,17)18)9-15-8-10-5-6-12(19-3)11(14)7-10/h5-7,15-16H,8-9H2,1-4H3. The molecule has 0 aliphatic carbocycles. The monoisotopic (exact) mass is 320 g/mol. The Kier molecular flexibility index (Phi) is 5.82. The third kappa shape index (κ3) is 6.09. The Morgan fingerprint density at radius 3 is 2.50 bits per heavy atom. The number of ether oxygens (including phenoxy) is 1. The first kappa shape index (κ1) is 17.2. The Balaban J connectivity index is 2.54. The van der Waals surface area contributed by atoms with Crippen LogP contribution in [0.25, 0.3) is 0 Å². The lowest BCUT2D eigenvalue weighted by molar-refractivity contribution is 0.413. The summed E-state index contributed by atoms with van der Waals surface area (Å²) in [5.74, 6) is 0.634. The topological polar surface area (TPSA) is 67.4 Å². The quantitative estimate of drug-likeness (QED) is 0.803. The highest BCUT2D eigenvalue weighted by molar-refractivity contribution is 7.88. The van der Waals surface area contributed by atoms with E-state index in [0.29, 0.717) is 23.9 Å². The zero-order valence-electron chi connectivity index (χ0n) is 12.2. The first-order valence-corrected chi connectivity index (χ1v) is 8.42. The van der Waals surface area contributed by atoms with Gasteiger partial charge in [-0.3, -0.25) is 0 Å². The smallest absolute Gasteiger partial charge is 0.209 e. The molecule has 0 radical (unpaired) electrons. The molecule has 0 heterocycles. The Morgan fingerprint density at radius 1 is 1.35 bits per heavy atom. The lowest BCUT2D eigenvalue weighted by atomic mass is 10.1. The van der Waals surface area contributed by atoms with Crippen molar-refractivity contribution in [3.63, 3.8) is 0 Å². The average Bonchev–Trinajstić information content (AvgIpc) is 2.25. The highest BCUT2D eigenvalue weighted by atomic mass is 35.5. The third-order valence-corrected chi connectivity index (χ3v) is 3.79. The van der Waals surface area contributed by atoms with E-state index in [1.165, 1.54) is 0 Å². The van der Waals surface area contributed by atoms with E-state index < -0.39 is 15.6 Å². The summed E-state index contributed by atoms with van der Waals surface area (Å²) in [4.78, 5) is 0. The summed E-state index contributed by atoms with van der Waals surface area (Å²) in [6.45, 7) is 4.74. The second kappa shape index (κ2) is 6.76. The van der Waals surface area contributed by atoms with Crippen molar-refractivity contribution in [2.75, 3.05) is 19.9 Å². The molecule has 20 heavy (non-hydrogen) atoms. The van der Waals surface area contributed by atoms with Crippen molar-refractivity contribution in [1.82, 2.24) is 10.0 Å². The molecule has 0 unspecified atom stereocenters. The van der Waals surface area contributed by atoms with Crippen LogP contribution in [0.3, 0.4) is 0 Å². The van der Waals surface area contributed by atoms with Gasteiger partial charge in [0.05, 0.1) is 18.4 Å². The van der Waals surface area contributed by atoms with E-state index in [4.69, 9.17) is 16.3 Å². The maximum absolute atomic E-state index is 11.2. The summed E-state index contributed by atoms with van der Waals surface area (Å²) >= 11 is 6.04. The van der Waals surface area contributed by atoms with Gasteiger partial charge in [-0.2, -0.15) is 0 Å². The minimum absolute atomic E-state index is 0.504. The molecule has 0 aliphatic rings. The van der Waals surface area contributed by atoms with Crippen LogP contribution in [0.5, 0.6) is 5.75 Å². The maximum atomic E-state index is 11.2. The Morgan fingerprint density at radius 2 is 2.00 bits per heavy atom. The van der Waals surface area contributed by atoms with Crippen LogP contribution in [0, 0.1) is 0 Å². The van der Waals surface area contributed by atoms with E-state index in [1.54, 1.807) is 13.2 Å². The molecule has 0 spiro atoms. The normalized spacial score (nSPS) is 12.4. The summed E-state index contributed by atoms with van der Waals surface area (Å²) in [6, 6.07) is 5.54. The molecule has 5 nitrogen and oxygen atoms in total. The van der Waals surface area contributed by atoms with Crippen molar-refractivity contribution in [2.24, 2.45) is 0 Å². The SMILES string of the molecule is COc1ccc(CNCC(C)(C)NS(C)(=O)=O)cc1Cl. The van der Waals surface area contributed by atoms with Gasteiger partial charge in [-0.15, -0.1) is 0 Å². The predicted molar refractivity (Wildman–Crippen MR) is 81.8 cm³/mol. The highest BCUT2D eigenvalue weighted by Gasteiger charge is 2.21. The van der Waals surface area contributed by atoms with Gasteiger partial charge in [0.25, 0.3) is 0 Å². The van der Waals surface area contributed by atoms with Crippen molar-refractivity contribution in [3.05, 3.63) is 28.8 Å². The van der Waals surface area contributed by atoms with E-state index in [2.05, 4.69) is 10.0 Å². The average molecular weight is 321 g/mol. The molecule has 2 N–H and O–H groups in total. The van der Waals surface area contributed by atoms with Gasteiger partial charge >= 0.3 is 0 Å². The Bertz CT molecular complexity index is 559. The van der Waals surface area contributed by atoms with Crippen LogP contribution in [0.2, 0.25) is 5.02 Å². The summed E-state index contributed by atoms with van der Waals surface area (Å²) < 4.78 is 30.1. The van der Waals surface area contributed by atoms with Gasteiger partial charge in [-0.1, -0.05) is 17.7 Å². The summed E-state index contributed by atoms with van der Waals surface area (Å²) in [7, 11) is -1.65. The van der Waals surface area contributed by atoms with Gasteiger partial charge in [0.1, 0.15) is 5.75 Å². The second-order valence-electron chi connectivity index (χ2n) is 5.33. The Hall–Kier alpha value is -0.820. The molecule has 0 amide bonds. The number of hydrogen-bond acceptors (Lipinski definition) is 4. The van der Waals surface area contributed by atoms with Crippen molar-refractivity contribution in [2.45, 2.75) is 25.9 Å². The van der Waals surface area contributed by atoms with Crippen LogP contribution in [-0.2, 0) is 16.6 Å². The molecule has 0 bridgehead atoms.